The van der Waals surface area contributed by atoms with Crippen LogP contribution >= 0.6 is 0 Å². The second kappa shape index (κ2) is 6.33. The van der Waals surface area contributed by atoms with Crippen LogP contribution in [0.3, 0.4) is 0 Å². The molecule has 0 aliphatic carbocycles. The third-order valence-corrected chi connectivity index (χ3v) is 4.53. The Morgan fingerprint density at radius 3 is 2.62 bits per heavy atom. The van der Waals surface area contributed by atoms with Gasteiger partial charge in [0.05, 0.1) is 11.2 Å². The second-order valence-electron chi connectivity index (χ2n) is 6.87. The highest BCUT2D eigenvalue weighted by atomic mass is 15.3. The van der Waals surface area contributed by atoms with Crippen molar-refractivity contribution in [1.29, 1.82) is 0 Å². The van der Waals surface area contributed by atoms with Crippen molar-refractivity contribution >= 4 is 28.7 Å². The van der Waals surface area contributed by atoms with Gasteiger partial charge >= 0.3 is 0 Å². The van der Waals surface area contributed by atoms with Crippen molar-refractivity contribution in [1.82, 2.24) is 24.6 Å². The van der Waals surface area contributed by atoms with Crippen molar-refractivity contribution in [3.8, 4) is 0 Å². The predicted molar refractivity (Wildman–Crippen MR) is 105 cm³/mol. The molecule has 0 aliphatic rings. The number of nitrogens with zero attached hydrogens (tertiary/aromatic N) is 5. The predicted octanol–water partition coefficient (Wildman–Crippen LogP) is 4.58. The number of pyridine rings is 1. The molecule has 0 atom stereocenters. The van der Waals surface area contributed by atoms with Crippen molar-refractivity contribution in [2.45, 2.75) is 33.6 Å². The lowest BCUT2D eigenvalue weighted by atomic mass is 10.0. The van der Waals surface area contributed by atoms with E-state index in [0.717, 1.165) is 33.6 Å². The Hall–Kier alpha value is -3.08. The molecular weight excluding hydrogens is 322 g/mol. The van der Waals surface area contributed by atoms with Crippen LogP contribution in [0.1, 0.15) is 48.2 Å². The lowest BCUT2D eigenvalue weighted by molar-refractivity contribution is 0.854. The Balaban J connectivity index is 1.67. The lowest BCUT2D eigenvalue weighted by Gasteiger charge is -2.06. The van der Waals surface area contributed by atoms with Gasteiger partial charge in [-0.15, -0.1) is 5.10 Å². The summed E-state index contributed by atoms with van der Waals surface area (Å²) in [6.45, 7) is 8.31. The van der Waals surface area contributed by atoms with Crippen LogP contribution in [0.2, 0.25) is 0 Å². The second-order valence-corrected chi connectivity index (χ2v) is 6.87. The van der Waals surface area contributed by atoms with Crippen LogP contribution in [-0.2, 0) is 0 Å². The number of benzene rings is 1. The Morgan fingerprint density at radius 1 is 1.00 bits per heavy atom. The molecule has 130 valence electrons. The van der Waals surface area contributed by atoms with Gasteiger partial charge in [0.15, 0.2) is 11.5 Å². The molecule has 0 N–H and O–H groups in total. The molecule has 0 spiro atoms. The fourth-order valence-corrected chi connectivity index (χ4v) is 2.95. The van der Waals surface area contributed by atoms with Crippen molar-refractivity contribution in [3.05, 3.63) is 65.0 Å². The van der Waals surface area contributed by atoms with Gasteiger partial charge in [-0.3, -0.25) is 0 Å². The molecule has 0 unspecified atom stereocenters. The molecule has 3 aromatic heterocycles. The topological polar surface area (TPSA) is 56.0 Å². The molecular formula is C21H21N5. The first-order valence-corrected chi connectivity index (χ1v) is 8.79. The number of aromatic nitrogens is 5. The first-order valence-electron chi connectivity index (χ1n) is 8.79. The number of hydrogen-bond acceptors (Lipinski definition) is 4. The van der Waals surface area contributed by atoms with Crippen LogP contribution in [0.5, 0.6) is 0 Å². The maximum absolute atomic E-state index is 4.72. The SMILES string of the molecule is Cc1cnc(C)n2nc(/C=C/c3ccc4cc(C(C)C)ccc4n3)nc12. The summed E-state index contributed by atoms with van der Waals surface area (Å²) in [4.78, 5) is 13.6. The van der Waals surface area contributed by atoms with Gasteiger partial charge in [0.1, 0.15) is 5.82 Å². The van der Waals surface area contributed by atoms with E-state index in [4.69, 9.17) is 4.98 Å². The molecule has 5 heteroatoms. The van der Waals surface area contributed by atoms with E-state index in [-0.39, 0.29) is 0 Å². The maximum Gasteiger partial charge on any atom is 0.175 e. The summed E-state index contributed by atoms with van der Waals surface area (Å²) >= 11 is 0. The van der Waals surface area contributed by atoms with Gasteiger partial charge in [-0.05, 0) is 55.7 Å². The fourth-order valence-electron chi connectivity index (χ4n) is 2.95. The summed E-state index contributed by atoms with van der Waals surface area (Å²) < 4.78 is 1.77. The molecule has 0 amide bonds. The average Bonchev–Trinajstić information content (AvgIpc) is 3.08. The van der Waals surface area contributed by atoms with E-state index < -0.39 is 0 Å². The normalized spacial score (nSPS) is 12.0. The first-order chi connectivity index (χ1) is 12.5. The summed E-state index contributed by atoms with van der Waals surface area (Å²) in [6, 6.07) is 10.6. The van der Waals surface area contributed by atoms with Gasteiger partial charge in [0.25, 0.3) is 0 Å². The first kappa shape index (κ1) is 16.4. The number of aryl methyl sites for hydroxylation is 2. The number of rotatable bonds is 3. The quantitative estimate of drug-likeness (QED) is 0.546. The molecule has 0 aliphatic heterocycles. The molecule has 0 saturated carbocycles. The molecule has 0 bridgehead atoms. The van der Waals surface area contributed by atoms with Gasteiger partial charge in [-0.1, -0.05) is 26.0 Å². The molecule has 0 radical (unpaired) electrons. The highest BCUT2D eigenvalue weighted by molar-refractivity contribution is 5.81. The summed E-state index contributed by atoms with van der Waals surface area (Å²) in [6.07, 6.45) is 5.66. The maximum atomic E-state index is 4.72. The Morgan fingerprint density at radius 2 is 1.85 bits per heavy atom. The summed E-state index contributed by atoms with van der Waals surface area (Å²) in [5.41, 5.74) is 5.06. The number of hydrogen-bond donors (Lipinski definition) is 0. The Labute approximate surface area is 152 Å². The van der Waals surface area contributed by atoms with E-state index in [1.807, 2.05) is 38.3 Å². The number of fused-ring (bicyclic) bond motifs is 2. The largest absolute Gasteiger partial charge is 0.248 e. The third kappa shape index (κ3) is 2.96. The van der Waals surface area contributed by atoms with E-state index in [0.29, 0.717) is 11.7 Å². The third-order valence-electron chi connectivity index (χ3n) is 4.53. The fraction of sp³-hybridized carbons (Fsp3) is 0.238. The van der Waals surface area contributed by atoms with Crippen molar-refractivity contribution in [2.24, 2.45) is 0 Å². The highest BCUT2D eigenvalue weighted by Gasteiger charge is 2.07. The van der Waals surface area contributed by atoms with Crippen LogP contribution in [0.15, 0.2) is 36.5 Å². The van der Waals surface area contributed by atoms with Crippen LogP contribution < -0.4 is 0 Å². The van der Waals surface area contributed by atoms with Crippen molar-refractivity contribution in [2.75, 3.05) is 0 Å². The zero-order valence-electron chi connectivity index (χ0n) is 15.4. The average molecular weight is 343 g/mol. The van der Waals surface area contributed by atoms with Crippen LogP contribution in [-0.4, -0.2) is 24.6 Å². The highest BCUT2D eigenvalue weighted by Crippen LogP contribution is 2.21. The Bertz CT molecular complexity index is 1100. The molecule has 0 saturated heterocycles. The van der Waals surface area contributed by atoms with E-state index in [1.165, 1.54) is 5.56 Å². The summed E-state index contributed by atoms with van der Waals surface area (Å²) in [5.74, 6) is 1.99. The van der Waals surface area contributed by atoms with Crippen molar-refractivity contribution in [3.63, 3.8) is 0 Å². The zero-order valence-corrected chi connectivity index (χ0v) is 15.4. The molecule has 5 nitrogen and oxygen atoms in total. The summed E-state index contributed by atoms with van der Waals surface area (Å²) in [5, 5.41) is 5.67. The van der Waals surface area contributed by atoms with Gasteiger partial charge in [0, 0.05) is 17.1 Å². The van der Waals surface area contributed by atoms with Gasteiger partial charge in [0.2, 0.25) is 0 Å². The van der Waals surface area contributed by atoms with E-state index in [1.54, 1.807) is 4.52 Å². The molecule has 1 aromatic carbocycles. The smallest absolute Gasteiger partial charge is 0.175 e. The van der Waals surface area contributed by atoms with E-state index in [9.17, 15) is 0 Å². The van der Waals surface area contributed by atoms with E-state index in [2.05, 4.69) is 53.2 Å². The van der Waals surface area contributed by atoms with Crippen LogP contribution in [0, 0.1) is 13.8 Å². The minimum Gasteiger partial charge on any atom is -0.248 e. The molecule has 4 aromatic rings. The van der Waals surface area contributed by atoms with Gasteiger partial charge in [-0.2, -0.15) is 4.52 Å². The Kier molecular flexibility index (Phi) is 3.99. The zero-order chi connectivity index (χ0) is 18.3. The molecule has 26 heavy (non-hydrogen) atoms. The minimum atomic E-state index is 0.515. The molecule has 0 fully saturated rings. The standard InChI is InChI=1S/C21H21N5/c1-13(2)16-6-9-19-17(11-16)5-7-18(23-19)8-10-20-24-21-14(3)12-22-15(4)26(21)25-20/h5-13H,1-4H3/b10-8+. The van der Waals surface area contributed by atoms with Crippen LogP contribution in [0.4, 0.5) is 0 Å². The minimum absolute atomic E-state index is 0.515. The van der Waals surface area contributed by atoms with Crippen molar-refractivity contribution < 1.29 is 0 Å². The lowest BCUT2D eigenvalue weighted by Crippen LogP contribution is -1.98. The van der Waals surface area contributed by atoms with Crippen LogP contribution in [0.25, 0.3) is 28.7 Å². The molecule has 3 heterocycles. The summed E-state index contributed by atoms with van der Waals surface area (Å²) in [7, 11) is 0. The monoisotopic (exact) mass is 343 g/mol. The molecule has 4 rings (SSSR count). The van der Waals surface area contributed by atoms with Gasteiger partial charge in [-0.25, -0.2) is 15.0 Å². The van der Waals surface area contributed by atoms with Gasteiger partial charge < -0.3 is 0 Å². The van der Waals surface area contributed by atoms with E-state index >= 15 is 0 Å².